The monoisotopic (exact) mass is 415 g/mol. The van der Waals surface area contributed by atoms with E-state index in [0.29, 0.717) is 28.9 Å². The Morgan fingerprint density at radius 2 is 1.96 bits per heavy atom. The summed E-state index contributed by atoms with van der Waals surface area (Å²) in [5.74, 6) is -0.110. The molecule has 0 radical (unpaired) electrons. The normalized spacial score (nSPS) is 23.6. The van der Waals surface area contributed by atoms with Crippen molar-refractivity contribution < 1.29 is 18.3 Å². The van der Waals surface area contributed by atoms with Gasteiger partial charge in [-0.25, -0.2) is 18.6 Å². The second kappa shape index (κ2) is 8.50. The molecule has 3 aliphatic rings. The quantitative estimate of drug-likeness (QED) is 0.804. The van der Waals surface area contributed by atoms with E-state index in [4.69, 9.17) is 4.74 Å². The Kier molecular flexibility index (Phi) is 6.29. The SMILES string of the molecule is Cl.O=C(Nc1ncsc1-c1cc(F)cc(F)c1)OCC1CN2CCC1CC2. The van der Waals surface area contributed by atoms with Crippen molar-refractivity contribution in [1.82, 2.24) is 9.88 Å². The molecule has 1 unspecified atom stereocenters. The molecule has 27 heavy (non-hydrogen) atoms. The highest BCUT2D eigenvalue weighted by Crippen LogP contribution is 2.34. The number of thiazole rings is 1. The minimum atomic E-state index is -0.677. The van der Waals surface area contributed by atoms with Crippen LogP contribution in [0.25, 0.3) is 10.4 Å². The number of benzene rings is 1. The van der Waals surface area contributed by atoms with Gasteiger partial charge in [-0.2, -0.15) is 0 Å². The third-order valence-corrected chi connectivity index (χ3v) is 6.01. The molecule has 2 aromatic rings. The summed E-state index contributed by atoms with van der Waals surface area (Å²) in [7, 11) is 0. The highest BCUT2D eigenvalue weighted by atomic mass is 35.5. The number of anilines is 1. The predicted molar refractivity (Wildman–Crippen MR) is 102 cm³/mol. The van der Waals surface area contributed by atoms with E-state index in [1.54, 1.807) is 0 Å². The van der Waals surface area contributed by atoms with Crippen LogP contribution in [-0.2, 0) is 4.74 Å². The van der Waals surface area contributed by atoms with E-state index in [0.717, 1.165) is 38.5 Å². The maximum atomic E-state index is 13.4. The number of carbonyl (C=O) groups is 1. The summed E-state index contributed by atoms with van der Waals surface area (Å²) < 4.78 is 32.3. The number of carbonyl (C=O) groups excluding carboxylic acids is 1. The first-order valence-corrected chi connectivity index (χ1v) is 9.52. The molecule has 1 aromatic carbocycles. The highest BCUT2D eigenvalue weighted by molar-refractivity contribution is 7.13. The number of amides is 1. The topological polar surface area (TPSA) is 54.5 Å². The lowest BCUT2D eigenvalue weighted by atomic mass is 9.79. The van der Waals surface area contributed by atoms with Crippen molar-refractivity contribution >= 4 is 35.7 Å². The standard InChI is InChI=1S/C18H19F2N3O2S.ClH/c19-14-5-12(6-15(20)7-14)16-17(21-10-26-16)22-18(24)25-9-13-8-23-3-1-11(13)2-4-23;/h5-7,10-11,13H,1-4,8-9H2,(H,22,24);1H. The van der Waals surface area contributed by atoms with Gasteiger partial charge in [0.15, 0.2) is 5.82 Å². The van der Waals surface area contributed by atoms with Crippen LogP contribution < -0.4 is 5.32 Å². The van der Waals surface area contributed by atoms with Gasteiger partial charge in [0.05, 0.1) is 17.0 Å². The molecule has 4 heterocycles. The number of aromatic nitrogens is 1. The summed E-state index contributed by atoms with van der Waals surface area (Å²) in [4.78, 5) is 19.1. The second-order valence-corrected chi connectivity index (χ2v) is 7.66. The number of rotatable bonds is 4. The summed E-state index contributed by atoms with van der Waals surface area (Å²) >= 11 is 1.20. The summed E-state index contributed by atoms with van der Waals surface area (Å²) in [6.45, 7) is 3.63. The molecule has 0 saturated carbocycles. The van der Waals surface area contributed by atoms with E-state index in [-0.39, 0.29) is 18.2 Å². The summed E-state index contributed by atoms with van der Waals surface area (Å²) in [5.41, 5.74) is 1.85. The van der Waals surface area contributed by atoms with Crippen molar-refractivity contribution in [3.63, 3.8) is 0 Å². The molecular formula is C18H20ClF2N3O2S. The maximum Gasteiger partial charge on any atom is 0.412 e. The summed E-state index contributed by atoms with van der Waals surface area (Å²) in [6.07, 6.45) is 1.74. The number of fused-ring (bicyclic) bond motifs is 3. The Bertz CT molecular complexity index is 791. The van der Waals surface area contributed by atoms with Crippen LogP contribution >= 0.6 is 23.7 Å². The molecule has 3 saturated heterocycles. The molecule has 1 N–H and O–H groups in total. The van der Waals surface area contributed by atoms with Crippen LogP contribution in [0.2, 0.25) is 0 Å². The van der Waals surface area contributed by atoms with Gasteiger partial charge in [0, 0.05) is 24.1 Å². The molecular weight excluding hydrogens is 396 g/mol. The lowest BCUT2D eigenvalue weighted by Crippen LogP contribution is -2.49. The van der Waals surface area contributed by atoms with Crippen LogP contribution in [0.15, 0.2) is 23.7 Å². The van der Waals surface area contributed by atoms with E-state index in [1.165, 1.54) is 29.0 Å². The van der Waals surface area contributed by atoms with Gasteiger partial charge in [-0.15, -0.1) is 23.7 Å². The van der Waals surface area contributed by atoms with Crippen LogP contribution in [0.3, 0.4) is 0 Å². The lowest BCUT2D eigenvalue weighted by Gasteiger charge is -2.44. The van der Waals surface area contributed by atoms with Crippen LogP contribution in [0, 0.1) is 23.5 Å². The average Bonchev–Trinajstić information content (AvgIpc) is 3.08. The van der Waals surface area contributed by atoms with E-state index in [9.17, 15) is 13.6 Å². The van der Waals surface area contributed by atoms with Crippen LogP contribution in [0.4, 0.5) is 19.4 Å². The number of nitrogens with zero attached hydrogens (tertiary/aromatic N) is 2. The van der Waals surface area contributed by atoms with Crippen LogP contribution in [0.1, 0.15) is 12.8 Å². The largest absolute Gasteiger partial charge is 0.449 e. The third-order valence-electron chi connectivity index (χ3n) is 5.13. The smallest absolute Gasteiger partial charge is 0.412 e. The molecule has 3 fully saturated rings. The number of nitrogens with one attached hydrogen (secondary N) is 1. The second-order valence-electron chi connectivity index (χ2n) is 6.81. The number of hydrogen-bond acceptors (Lipinski definition) is 5. The Labute approximate surface area is 166 Å². The zero-order chi connectivity index (χ0) is 18.1. The van der Waals surface area contributed by atoms with E-state index < -0.39 is 17.7 Å². The zero-order valence-electron chi connectivity index (χ0n) is 14.5. The van der Waals surface area contributed by atoms with Gasteiger partial charge in [-0.1, -0.05) is 0 Å². The lowest BCUT2D eigenvalue weighted by molar-refractivity contribution is 0.0151. The Morgan fingerprint density at radius 3 is 2.59 bits per heavy atom. The van der Waals surface area contributed by atoms with E-state index in [2.05, 4.69) is 15.2 Å². The number of piperidine rings is 3. The van der Waals surface area contributed by atoms with Gasteiger partial charge in [-0.3, -0.25) is 5.32 Å². The Morgan fingerprint density at radius 1 is 1.26 bits per heavy atom. The van der Waals surface area contributed by atoms with E-state index in [1.807, 2.05) is 0 Å². The van der Waals surface area contributed by atoms with Crippen LogP contribution in [0.5, 0.6) is 0 Å². The van der Waals surface area contributed by atoms with Crippen molar-refractivity contribution in [3.8, 4) is 10.4 Å². The molecule has 1 aromatic heterocycles. The molecule has 5 rings (SSSR count). The average molecular weight is 416 g/mol. The zero-order valence-corrected chi connectivity index (χ0v) is 16.1. The van der Waals surface area contributed by atoms with Gasteiger partial charge >= 0.3 is 6.09 Å². The fourth-order valence-corrected chi connectivity index (χ4v) is 4.55. The van der Waals surface area contributed by atoms with Gasteiger partial charge in [-0.05, 0) is 44.0 Å². The minimum absolute atomic E-state index is 0. The highest BCUT2D eigenvalue weighted by Gasteiger charge is 2.34. The summed E-state index contributed by atoms with van der Waals surface area (Å²) in [6, 6.07) is 3.22. The minimum Gasteiger partial charge on any atom is -0.449 e. The third kappa shape index (κ3) is 4.56. The van der Waals surface area contributed by atoms with E-state index >= 15 is 0 Å². The molecule has 2 bridgehead atoms. The van der Waals surface area contributed by atoms with Gasteiger partial charge in [0.2, 0.25) is 0 Å². The number of ether oxygens (including phenoxy) is 1. The van der Waals surface area contributed by atoms with Gasteiger partial charge < -0.3 is 9.64 Å². The number of halogens is 3. The summed E-state index contributed by atoms with van der Waals surface area (Å²) in [5, 5.41) is 2.59. The molecule has 3 aliphatic heterocycles. The number of hydrogen-bond donors (Lipinski definition) is 1. The molecule has 5 nitrogen and oxygen atoms in total. The van der Waals surface area contributed by atoms with Gasteiger partial charge in [0.1, 0.15) is 11.6 Å². The van der Waals surface area contributed by atoms with Gasteiger partial charge in [0.25, 0.3) is 0 Å². The maximum absolute atomic E-state index is 13.4. The molecule has 1 amide bonds. The Hall–Kier alpha value is -1.77. The molecule has 0 spiro atoms. The van der Waals surface area contributed by atoms with Crippen molar-refractivity contribution in [2.45, 2.75) is 12.8 Å². The van der Waals surface area contributed by atoms with Crippen molar-refractivity contribution in [2.24, 2.45) is 11.8 Å². The first-order valence-electron chi connectivity index (χ1n) is 8.64. The fourth-order valence-electron chi connectivity index (χ4n) is 3.82. The van der Waals surface area contributed by atoms with Crippen molar-refractivity contribution in [2.75, 3.05) is 31.6 Å². The fraction of sp³-hybridized carbons (Fsp3) is 0.444. The first-order chi connectivity index (χ1) is 12.6. The molecule has 9 heteroatoms. The molecule has 0 aliphatic carbocycles. The Balaban J connectivity index is 0.00000210. The molecule has 1 atom stereocenters. The predicted octanol–water partition coefficient (Wildman–Crippen LogP) is 4.40. The van der Waals surface area contributed by atoms with Crippen molar-refractivity contribution in [1.29, 1.82) is 0 Å². The first kappa shape index (κ1) is 20.0. The van der Waals surface area contributed by atoms with Crippen molar-refractivity contribution in [3.05, 3.63) is 35.3 Å². The van der Waals surface area contributed by atoms with Crippen LogP contribution in [-0.4, -0.2) is 42.2 Å². The molecule has 146 valence electrons.